The summed E-state index contributed by atoms with van der Waals surface area (Å²) < 4.78 is 2.31. The topological polar surface area (TPSA) is 216 Å². The summed E-state index contributed by atoms with van der Waals surface area (Å²) in [7, 11) is 0. The molecule has 3 aromatic heterocycles. The van der Waals surface area contributed by atoms with E-state index in [0.29, 0.717) is 10.3 Å². The Bertz CT molecular complexity index is 1820. The third-order valence-electron chi connectivity index (χ3n) is 7.38. The van der Waals surface area contributed by atoms with Gasteiger partial charge in [0.15, 0.2) is 42.1 Å². The van der Waals surface area contributed by atoms with Gasteiger partial charge in [-0.15, -0.1) is 34.9 Å². The van der Waals surface area contributed by atoms with Gasteiger partial charge in [0.05, 0.1) is 17.9 Å². The largest absolute Gasteiger partial charge is 0.543 e. The van der Waals surface area contributed by atoms with Gasteiger partial charge in [-0.25, -0.2) is 9.55 Å². The number of aromatic nitrogens is 3. The lowest BCUT2D eigenvalue weighted by atomic mass is 10.0. The van der Waals surface area contributed by atoms with Crippen molar-refractivity contribution in [3.05, 3.63) is 75.1 Å². The molecule has 0 bridgehead atoms. The quantitative estimate of drug-likeness (QED) is 0.0480. The molecule has 2 amide bonds. The number of fused-ring (bicyclic) bond motifs is 1. The molecule has 2 aliphatic heterocycles. The first-order valence-electron chi connectivity index (χ1n) is 13.9. The van der Waals surface area contributed by atoms with Crippen molar-refractivity contribution in [3.8, 4) is 5.75 Å². The number of carbonyl (C=O) groups is 3. The van der Waals surface area contributed by atoms with Gasteiger partial charge in [0, 0.05) is 45.6 Å². The van der Waals surface area contributed by atoms with Crippen LogP contribution in [0.2, 0.25) is 0 Å². The van der Waals surface area contributed by atoms with Crippen molar-refractivity contribution in [2.45, 2.75) is 42.3 Å². The molecule has 0 aromatic carbocycles. The number of β-lactam (4-membered cyclic amide) rings is 1. The van der Waals surface area contributed by atoms with Crippen molar-refractivity contribution in [3.63, 3.8) is 0 Å². The first-order chi connectivity index (χ1) is 22.1. The van der Waals surface area contributed by atoms with Gasteiger partial charge < -0.3 is 36.1 Å². The molecule has 240 valence electrons. The number of nitrogens with zero attached hydrogens (tertiary/aromatic N) is 5. The maximum Gasteiger partial charge on any atom is 0.276 e. The summed E-state index contributed by atoms with van der Waals surface area (Å²) in [5.74, 6) is -1.48. The Morgan fingerprint density at radius 1 is 1.28 bits per heavy atom. The number of hydrogen-bond acceptors (Lipinski definition) is 14. The molecule has 2 atom stereocenters. The average molecular weight is 686 g/mol. The van der Waals surface area contributed by atoms with E-state index in [4.69, 9.17) is 10.6 Å². The summed E-state index contributed by atoms with van der Waals surface area (Å²) in [6.07, 6.45) is 7.09. The summed E-state index contributed by atoms with van der Waals surface area (Å²) in [6, 6.07) is 3.81. The number of carbonyl (C=O) groups excluding carboxylic acids is 3. The van der Waals surface area contributed by atoms with Crippen LogP contribution in [-0.4, -0.2) is 71.3 Å². The number of nitrogens with one attached hydrogen (secondary N) is 1. The summed E-state index contributed by atoms with van der Waals surface area (Å²) in [5.41, 5.74) is 4.87. The van der Waals surface area contributed by atoms with Gasteiger partial charge >= 0.3 is 0 Å². The van der Waals surface area contributed by atoms with Gasteiger partial charge in [-0.3, -0.25) is 19.3 Å². The highest BCUT2D eigenvalue weighted by Gasteiger charge is 2.53. The van der Waals surface area contributed by atoms with Crippen molar-refractivity contribution in [1.29, 1.82) is 0 Å². The predicted octanol–water partition coefficient (Wildman–Crippen LogP) is -0.355. The van der Waals surface area contributed by atoms with Crippen LogP contribution >= 0.6 is 34.9 Å². The number of carboxylic acid groups (broad SMARTS) is 1. The van der Waals surface area contributed by atoms with E-state index in [9.17, 15) is 34.6 Å². The SMILES string of the molecule is Nc1nc(/C(=N\OCc2cc(=O)c(O)cn2O)C(=O)N[C@H]2C(=O)N3C(C(=O)[O-])=C(C[n+]4ccc(SCC5CC5)cc4)CS[C@@H]23)cs1. The monoisotopic (exact) mass is 685 g/mol. The fourth-order valence-electron chi connectivity index (χ4n) is 4.79. The third-order valence-corrected chi connectivity index (χ3v) is 10.6. The van der Waals surface area contributed by atoms with E-state index in [1.165, 1.54) is 30.0 Å². The van der Waals surface area contributed by atoms with Gasteiger partial charge in [-0.2, -0.15) is 4.73 Å². The minimum Gasteiger partial charge on any atom is -0.543 e. The van der Waals surface area contributed by atoms with Crippen molar-refractivity contribution < 1.29 is 39.2 Å². The minimum atomic E-state index is -1.49. The van der Waals surface area contributed by atoms with Crippen molar-refractivity contribution in [2.75, 3.05) is 17.2 Å². The zero-order valence-electron chi connectivity index (χ0n) is 23.9. The molecule has 15 nitrogen and oxygen atoms in total. The van der Waals surface area contributed by atoms with Crippen molar-refractivity contribution in [1.82, 2.24) is 19.9 Å². The van der Waals surface area contributed by atoms with Crippen LogP contribution in [0, 0.1) is 5.92 Å². The number of oxime groups is 1. The Balaban J connectivity index is 1.15. The lowest BCUT2D eigenvalue weighted by Crippen LogP contribution is -2.71. The van der Waals surface area contributed by atoms with Gasteiger partial charge in [-0.1, -0.05) is 5.16 Å². The van der Waals surface area contributed by atoms with Crippen LogP contribution in [0.5, 0.6) is 5.75 Å². The number of aromatic hydroxyl groups is 1. The van der Waals surface area contributed by atoms with E-state index in [1.807, 2.05) is 29.1 Å². The molecule has 0 spiro atoms. The highest BCUT2D eigenvalue weighted by molar-refractivity contribution is 8.00. The second-order valence-corrected chi connectivity index (χ2v) is 13.8. The first-order valence-corrected chi connectivity index (χ1v) is 16.9. The lowest BCUT2D eigenvalue weighted by Gasteiger charge is -2.50. The maximum absolute atomic E-state index is 13.4. The molecular formula is C28H27N7O8S3. The van der Waals surface area contributed by atoms with Crippen LogP contribution in [0.3, 0.4) is 0 Å². The van der Waals surface area contributed by atoms with E-state index >= 15 is 0 Å². The van der Waals surface area contributed by atoms with Crippen LogP contribution < -0.4 is 26.2 Å². The standard InChI is InChI=1S/C28H27N7O8S3/c29-28-30-18(13-46-28)21(32-43-10-16-7-19(36)20(37)9-34(16)42)24(38)31-22-25(39)35-23(27(40)41)15(12-45-26(22)35)8-33-5-3-17(4-6-33)44-11-14-1-2-14/h3-7,9,13-14,22,26,42H,1-2,8,10-12H2,(H4-,29,30,31,37,38,40,41)/b32-21+/t22-,26-/m0/s1. The molecule has 3 aliphatic rings. The summed E-state index contributed by atoms with van der Waals surface area (Å²) in [6.45, 7) is -0.223. The molecule has 0 unspecified atom stereocenters. The molecular weight excluding hydrogens is 659 g/mol. The van der Waals surface area contributed by atoms with Crippen LogP contribution in [-0.2, 0) is 32.4 Å². The Kier molecular flexibility index (Phi) is 8.92. The zero-order chi connectivity index (χ0) is 32.5. The number of rotatable bonds is 12. The molecule has 1 saturated heterocycles. The molecule has 5 N–H and O–H groups in total. The predicted molar refractivity (Wildman–Crippen MR) is 165 cm³/mol. The Labute approximate surface area is 273 Å². The van der Waals surface area contributed by atoms with E-state index in [0.717, 1.165) is 45.1 Å². The van der Waals surface area contributed by atoms with Crippen LogP contribution in [0.4, 0.5) is 5.13 Å². The fourth-order valence-corrected chi connectivity index (χ4v) is 7.75. The average Bonchev–Trinajstić information content (AvgIpc) is 3.77. The number of thiazole rings is 1. The molecule has 46 heavy (non-hydrogen) atoms. The molecule has 3 aromatic rings. The van der Waals surface area contributed by atoms with Gasteiger partial charge in [0.2, 0.25) is 5.43 Å². The molecule has 0 radical (unpaired) electrons. The number of amides is 2. The Morgan fingerprint density at radius 3 is 2.72 bits per heavy atom. The zero-order valence-corrected chi connectivity index (χ0v) is 26.3. The number of nitrogen functional groups attached to an aromatic ring is 1. The van der Waals surface area contributed by atoms with Crippen molar-refractivity contribution in [2.24, 2.45) is 11.1 Å². The molecule has 1 saturated carbocycles. The number of hydrogen-bond donors (Lipinski definition) is 4. The molecule has 18 heteroatoms. The number of carboxylic acids is 1. The molecule has 2 fully saturated rings. The second kappa shape index (κ2) is 13.1. The normalized spacial score (nSPS) is 19.4. The number of nitrogens with two attached hydrogens (primary N) is 1. The minimum absolute atomic E-state index is 0.0404. The number of pyridine rings is 2. The smallest absolute Gasteiger partial charge is 0.276 e. The number of anilines is 1. The van der Waals surface area contributed by atoms with Crippen LogP contribution in [0.25, 0.3) is 0 Å². The van der Waals surface area contributed by atoms with Gasteiger partial charge in [-0.05, 0) is 18.8 Å². The highest BCUT2D eigenvalue weighted by atomic mass is 32.2. The fraction of sp³-hybridized carbons (Fsp3) is 0.321. The van der Waals surface area contributed by atoms with Crippen LogP contribution in [0.1, 0.15) is 24.2 Å². The number of aliphatic carboxylic acids is 1. The van der Waals surface area contributed by atoms with E-state index in [1.54, 1.807) is 11.8 Å². The summed E-state index contributed by atoms with van der Waals surface area (Å²) in [4.78, 5) is 62.1. The van der Waals surface area contributed by atoms with Gasteiger partial charge in [0.1, 0.15) is 22.8 Å². The van der Waals surface area contributed by atoms with E-state index in [2.05, 4.69) is 15.5 Å². The molecule has 1 aliphatic carbocycles. The highest BCUT2D eigenvalue weighted by Crippen LogP contribution is 2.40. The first kappa shape index (κ1) is 31.4. The lowest BCUT2D eigenvalue weighted by molar-refractivity contribution is -0.689. The Hall–Kier alpha value is -4.55. The van der Waals surface area contributed by atoms with Crippen LogP contribution in [0.15, 0.2) is 68.3 Å². The van der Waals surface area contributed by atoms with Gasteiger partial charge in [0.25, 0.3) is 11.8 Å². The van der Waals surface area contributed by atoms with E-state index in [-0.39, 0.29) is 40.2 Å². The van der Waals surface area contributed by atoms with Crippen molar-refractivity contribution >= 4 is 63.5 Å². The second-order valence-electron chi connectivity index (χ2n) is 10.7. The Morgan fingerprint density at radius 2 is 2.04 bits per heavy atom. The number of thioether (sulfide) groups is 2. The molecule has 6 rings (SSSR count). The molecule has 5 heterocycles. The summed E-state index contributed by atoms with van der Waals surface area (Å²) in [5, 5.41) is 38.9. The van der Waals surface area contributed by atoms with E-state index < -0.39 is 47.0 Å². The summed E-state index contributed by atoms with van der Waals surface area (Å²) >= 11 is 4.13. The third kappa shape index (κ3) is 6.68. The maximum atomic E-state index is 13.4.